The van der Waals surface area contributed by atoms with Gasteiger partial charge in [0.05, 0.1) is 7.11 Å². The Kier molecular flexibility index (Phi) is 7.23. The highest BCUT2D eigenvalue weighted by Gasteiger charge is 2.54. The summed E-state index contributed by atoms with van der Waals surface area (Å²) in [6.07, 6.45) is -0.521. The molecule has 28 heavy (non-hydrogen) atoms. The second kappa shape index (κ2) is 7.94. The summed E-state index contributed by atoms with van der Waals surface area (Å²) in [6, 6.07) is 0. The number of carbonyl (C=O) groups excluding carboxylic acids is 2. The smallest absolute Gasteiger partial charge is 0.337 e. The van der Waals surface area contributed by atoms with Crippen molar-refractivity contribution in [2.24, 2.45) is 5.92 Å². The fraction of sp³-hybridized carbons (Fsp3) is 0.900. The van der Waals surface area contributed by atoms with E-state index in [1.807, 2.05) is 26.9 Å². The van der Waals surface area contributed by atoms with E-state index < -0.39 is 45.3 Å². The predicted octanol–water partition coefficient (Wildman–Crippen LogP) is 3.63. The minimum Gasteiger partial charge on any atom is -0.467 e. The molecule has 1 rings (SSSR count). The Labute approximate surface area is 172 Å². The molecule has 1 saturated carbocycles. The van der Waals surface area contributed by atoms with E-state index in [0.29, 0.717) is 6.42 Å². The van der Waals surface area contributed by atoms with Crippen LogP contribution in [0.2, 0.25) is 36.3 Å². The fourth-order valence-corrected chi connectivity index (χ4v) is 5.30. The van der Waals surface area contributed by atoms with Crippen molar-refractivity contribution in [1.29, 1.82) is 0 Å². The SMILES string of the molecule is COC(=O)[C@]1(O)C[C@@H](CC(C)(C)[Si](C)(C)O)C(=O)[C@H](O[Si](C)(C)C(C)(C)C)C1. The maximum Gasteiger partial charge on any atom is 0.337 e. The average molecular weight is 433 g/mol. The first kappa shape index (κ1) is 25.5. The molecular weight excluding hydrogens is 392 g/mol. The molecule has 0 heterocycles. The molecule has 0 unspecified atom stereocenters. The number of hydrogen-bond donors (Lipinski definition) is 2. The molecule has 0 amide bonds. The highest BCUT2D eigenvalue weighted by atomic mass is 28.4. The summed E-state index contributed by atoms with van der Waals surface area (Å²) in [4.78, 5) is 36.3. The van der Waals surface area contributed by atoms with Gasteiger partial charge in [-0.15, -0.1) is 0 Å². The molecule has 3 atom stereocenters. The van der Waals surface area contributed by atoms with E-state index >= 15 is 0 Å². The first-order chi connectivity index (χ1) is 12.3. The van der Waals surface area contributed by atoms with E-state index in [1.54, 1.807) is 0 Å². The molecule has 0 aromatic carbocycles. The van der Waals surface area contributed by atoms with Gasteiger partial charge in [-0.05, 0) is 49.1 Å². The topological polar surface area (TPSA) is 93.1 Å². The van der Waals surface area contributed by atoms with Gasteiger partial charge < -0.3 is 19.1 Å². The van der Waals surface area contributed by atoms with Crippen LogP contribution in [0.25, 0.3) is 0 Å². The van der Waals surface area contributed by atoms with Gasteiger partial charge in [-0.25, -0.2) is 4.79 Å². The van der Waals surface area contributed by atoms with E-state index in [-0.39, 0.29) is 23.7 Å². The third-order valence-corrected chi connectivity index (χ3v) is 15.1. The van der Waals surface area contributed by atoms with Crippen LogP contribution < -0.4 is 0 Å². The molecule has 2 N–H and O–H groups in total. The average Bonchev–Trinajstić information content (AvgIpc) is 2.48. The highest BCUT2D eigenvalue weighted by molar-refractivity contribution is 6.74. The van der Waals surface area contributed by atoms with E-state index in [0.717, 1.165) is 0 Å². The Morgan fingerprint density at radius 2 is 1.64 bits per heavy atom. The number of methoxy groups -OCH3 is 1. The van der Waals surface area contributed by atoms with Crippen molar-refractivity contribution < 1.29 is 28.7 Å². The Balaban J connectivity index is 3.27. The molecule has 0 aromatic rings. The van der Waals surface area contributed by atoms with Gasteiger partial charge in [0.2, 0.25) is 0 Å². The van der Waals surface area contributed by atoms with Crippen LogP contribution in [-0.4, -0.2) is 57.1 Å². The first-order valence-electron chi connectivity index (χ1n) is 10.0. The molecule has 8 heteroatoms. The number of hydrogen-bond acceptors (Lipinski definition) is 6. The molecule has 1 aliphatic carbocycles. The monoisotopic (exact) mass is 432 g/mol. The quantitative estimate of drug-likeness (QED) is 0.492. The van der Waals surface area contributed by atoms with Crippen LogP contribution in [0.3, 0.4) is 0 Å². The molecule has 1 fully saturated rings. The van der Waals surface area contributed by atoms with Gasteiger partial charge in [0.25, 0.3) is 0 Å². The largest absolute Gasteiger partial charge is 0.467 e. The van der Waals surface area contributed by atoms with Crippen molar-refractivity contribution in [2.45, 2.75) is 102 Å². The zero-order valence-electron chi connectivity index (χ0n) is 19.3. The lowest BCUT2D eigenvalue weighted by Gasteiger charge is -2.46. The second-order valence-electron chi connectivity index (χ2n) is 11.0. The molecule has 0 aromatic heterocycles. The summed E-state index contributed by atoms with van der Waals surface area (Å²) in [7, 11) is -3.61. The number of ketones is 1. The van der Waals surface area contributed by atoms with E-state index in [1.165, 1.54) is 7.11 Å². The molecule has 164 valence electrons. The lowest BCUT2D eigenvalue weighted by Crippen LogP contribution is -2.57. The summed E-state index contributed by atoms with van der Waals surface area (Å²) in [5.41, 5.74) is -1.75. The molecule has 6 nitrogen and oxygen atoms in total. The van der Waals surface area contributed by atoms with Crippen molar-refractivity contribution in [2.75, 3.05) is 7.11 Å². The normalized spacial score (nSPS) is 27.6. The van der Waals surface area contributed by atoms with Crippen LogP contribution in [0, 0.1) is 5.92 Å². The summed E-state index contributed by atoms with van der Waals surface area (Å²) in [5, 5.41) is 10.5. The maximum atomic E-state index is 13.3. The number of rotatable bonds is 6. The number of carbonyl (C=O) groups is 2. The zero-order valence-corrected chi connectivity index (χ0v) is 21.3. The summed E-state index contributed by atoms with van der Waals surface area (Å²) in [5.74, 6) is -1.38. The van der Waals surface area contributed by atoms with Gasteiger partial charge in [-0.2, -0.15) is 0 Å². The zero-order chi connectivity index (χ0) is 22.3. The molecule has 1 aliphatic rings. The molecule has 0 aliphatic heterocycles. The summed E-state index contributed by atoms with van der Waals surface area (Å²) >= 11 is 0. The fourth-order valence-electron chi connectivity index (χ4n) is 3.29. The third kappa shape index (κ3) is 5.33. The van der Waals surface area contributed by atoms with Crippen molar-refractivity contribution in [3.63, 3.8) is 0 Å². The predicted molar refractivity (Wildman–Crippen MR) is 115 cm³/mol. The molecule has 0 bridgehead atoms. The van der Waals surface area contributed by atoms with Gasteiger partial charge >= 0.3 is 5.97 Å². The van der Waals surface area contributed by atoms with E-state index in [4.69, 9.17) is 9.16 Å². The number of Topliss-reactive ketones (excluding diaryl/α,β-unsaturated/α-hetero) is 1. The van der Waals surface area contributed by atoms with Crippen molar-refractivity contribution >= 4 is 28.4 Å². The number of esters is 1. The molecular formula is C20H40O6Si2. The van der Waals surface area contributed by atoms with Crippen molar-refractivity contribution in [1.82, 2.24) is 0 Å². The summed E-state index contributed by atoms with van der Waals surface area (Å²) < 4.78 is 11.2. The van der Waals surface area contributed by atoms with E-state index in [2.05, 4.69) is 33.9 Å². The Hall–Kier alpha value is -0.546. The van der Waals surface area contributed by atoms with Gasteiger partial charge in [-0.3, -0.25) is 4.79 Å². The highest BCUT2D eigenvalue weighted by Crippen LogP contribution is 2.47. The van der Waals surface area contributed by atoms with Gasteiger partial charge in [0.1, 0.15) is 6.10 Å². The lowest BCUT2D eigenvalue weighted by molar-refractivity contribution is -0.174. The molecule has 0 spiro atoms. The van der Waals surface area contributed by atoms with Crippen LogP contribution in [0.5, 0.6) is 0 Å². The van der Waals surface area contributed by atoms with Crippen LogP contribution in [0.1, 0.15) is 53.9 Å². The van der Waals surface area contributed by atoms with Crippen LogP contribution in [0.15, 0.2) is 0 Å². The van der Waals surface area contributed by atoms with E-state index in [9.17, 15) is 19.5 Å². The van der Waals surface area contributed by atoms with Crippen molar-refractivity contribution in [3.8, 4) is 0 Å². The third-order valence-electron chi connectivity index (χ3n) is 7.05. The first-order valence-corrected chi connectivity index (χ1v) is 15.9. The van der Waals surface area contributed by atoms with Crippen molar-refractivity contribution in [3.05, 3.63) is 0 Å². The number of ether oxygens (including phenoxy) is 1. The molecule has 0 saturated heterocycles. The lowest BCUT2D eigenvalue weighted by atomic mass is 9.72. The Bertz CT molecular complexity index is 561. The summed E-state index contributed by atoms with van der Waals surface area (Å²) in [6.45, 7) is 17.9. The number of aliphatic hydroxyl groups is 1. The van der Waals surface area contributed by atoms with Crippen LogP contribution in [-0.2, 0) is 18.8 Å². The van der Waals surface area contributed by atoms with Gasteiger partial charge in [0, 0.05) is 12.3 Å². The maximum absolute atomic E-state index is 13.3. The van der Waals surface area contributed by atoms with Crippen LogP contribution >= 0.6 is 0 Å². The second-order valence-corrected chi connectivity index (χ2v) is 20.3. The van der Waals surface area contributed by atoms with Crippen LogP contribution in [0.4, 0.5) is 0 Å². The Morgan fingerprint density at radius 1 is 1.14 bits per heavy atom. The molecule has 0 radical (unpaired) electrons. The van der Waals surface area contributed by atoms with Gasteiger partial charge in [-0.1, -0.05) is 34.6 Å². The standard InChI is InChI=1S/C20H40O6Si2/c1-18(2,3)28(9,10)26-15-13-20(23,17(22)25-6)12-14(16(15)21)11-19(4,5)27(7,8)24/h14-15,23-24H,11-13H2,1-10H3/t14-,15-,20+/m1/s1. The van der Waals surface area contributed by atoms with Gasteiger partial charge in [0.15, 0.2) is 28.0 Å². The minimum atomic E-state index is -2.56. The minimum absolute atomic E-state index is 0.00375. The Morgan fingerprint density at radius 3 is 2.04 bits per heavy atom.